The first-order valence-electron chi connectivity index (χ1n) is 3.81. The lowest BCUT2D eigenvalue weighted by molar-refractivity contribution is -0.148. The van der Waals surface area contributed by atoms with Crippen molar-refractivity contribution >= 4 is 17.3 Å². The van der Waals surface area contributed by atoms with E-state index in [2.05, 4.69) is 9.72 Å². The van der Waals surface area contributed by atoms with Crippen molar-refractivity contribution in [1.82, 2.24) is 4.98 Å². The Morgan fingerprint density at radius 3 is 2.92 bits per heavy atom. The molecule has 0 bridgehead atoms. The van der Waals surface area contributed by atoms with Gasteiger partial charge in [0.25, 0.3) is 0 Å². The molecular formula is C8H11NO3S. The summed E-state index contributed by atoms with van der Waals surface area (Å²) in [6, 6.07) is 0. The van der Waals surface area contributed by atoms with Crippen LogP contribution >= 0.6 is 11.3 Å². The van der Waals surface area contributed by atoms with Crippen LogP contribution in [-0.4, -0.2) is 23.2 Å². The van der Waals surface area contributed by atoms with E-state index in [0.717, 1.165) is 0 Å². The minimum absolute atomic E-state index is 0.416. The Labute approximate surface area is 80.2 Å². The van der Waals surface area contributed by atoms with Crippen molar-refractivity contribution < 1.29 is 14.6 Å². The van der Waals surface area contributed by atoms with Crippen LogP contribution in [0.5, 0.6) is 0 Å². The van der Waals surface area contributed by atoms with Crippen molar-refractivity contribution in [3.8, 4) is 0 Å². The van der Waals surface area contributed by atoms with Gasteiger partial charge in [-0.3, -0.25) is 9.78 Å². The number of aliphatic hydroxyl groups is 1. The largest absolute Gasteiger partial charge is 0.469 e. The first-order chi connectivity index (χ1) is 6.16. The highest BCUT2D eigenvalue weighted by Crippen LogP contribution is 2.25. The van der Waals surface area contributed by atoms with Gasteiger partial charge < -0.3 is 9.84 Å². The lowest BCUT2D eigenvalue weighted by atomic mass is 10.0. The van der Waals surface area contributed by atoms with Crippen molar-refractivity contribution in [2.24, 2.45) is 5.92 Å². The van der Waals surface area contributed by atoms with Crippen LogP contribution in [0, 0.1) is 5.92 Å². The summed E-state index contributed by atoms with van der Waals surface area (Å²) in [7, 11) is 1.30. The van der Waals surface area contributed by atoms with Crippen molar-refractivity contribution in [3.63, 3.8) is 0 Å². The maximum Gasteiger partial charge on any atom is 0.311 e. The molecular weight excluding hydrogens is 190 g/mol. The smallest absolute Gasteiger partial charge is 0.311 e. The highest BCUT2D eigenvalue weighted by atomic mass is 32.1. The summed E-state index contributed by atoms with van der Waals surface area (Å²) in [5.74, 6) is -0.966. The molecule has 0 aliphatic rings. The van der Waals surface area contributed by atoms with Gasteiger partial charge in [-0.15, -0.1) is 11.3 Å². The third-order valence-corrected chi connectivity index (χ3v) is 2.64. The van der Waals surface area contributed by atoms with Crippen LogP contribution in [0.3, 0.4) is 0 Å². The second-order valence-corrected chi connectivity index (χ2v) is 3.58. The van der Waals surface area contributed by atoms with E-state index < -0.39 is 18.0 Å². The summed E-state index contributed by atoms with van der Waals surface area (Å²) in [6.07, 6.45) is 0.731. The van der Waals surface area contributed by atoms with Crippen LogP contribution in [0.4, 0.5) is 0 Å². The van der Waals surface area contributed by atoms with Crippen molar-refractivity contribution in [2.75, 3.05) is 7.11 Å². The monoisotopic (exact) mass is 201 g/mol. The van der Waals surface area contributed by atoms with Crippen LogP contribution in [0.1, 0.15) is 17.9 Å². The molecule has 1 rings (SSSR count). The number of hydrogen-bond donors (Lipinski definition) is 1. The first kappa shape index (κ1) is 10.1. The molecule has 5 heteroatoms. The zero-order valence-electron chi connectivity index (χ0n) is 7.43. The molecule has 0 amide bonds. The van der Waals surface area contributed by atoms with Gasteiger partial charge in [0.15, 0.2) is 0 Å². The Kier molecular flexibility index (Phi) is 3.39. The Bertz CT molecular complexity index is 273. The molecule has 0 saturated carbocycles. The van der Waals surface area contributed by atoms with Gasteiger partial charge in [0, 0.05) is 6.20 Å². The van der Waals surface area contributed by atoms with Crippen LogP contribution in [-0.2, 0) is 9.53 Å². The Balaban J connectivity index is 2.68. The van der Waals surface area contributed by atoms with Crippen LogP contribution in [0.25, 0.3) is 0 Å². The van der Waals surface area contributed by atoms with E-state index in [1.54, 1.807) is 18.6 Å². The molecule has 0 aliphatic carbocycles. The number of carbonyl (C=O) groups is 1. The van der Waals surface area contributed by atoms with Gasteiger partial charge in [0.1, 0.15) is 6.10 Å². The van der Waals surface area contributed by atoms with Gasteiger partial charge >= 0.3 is 5.97 Å². The van der Waals surface area contributed by atoms with Crippen molar-refractivity contribution in [2.45, 2.75) is 13.0 Å². The minimum Gasteiger partial charge on any atom is -0.469 e. The van der Waals surface area contributed by atoms with Crippen molar-refractivity contribution in [1.29, 1.82) is 0 Å². The quantitative estimate of drug-likeness (QED) is 0.741. The number of thiazole rings is 1. The van der Waals surface area contributed by atoms with Gasteiger partial charge in [-0.1, -0.05) is 0 Å². The third kappa shape index (κ3) is 2.26. The lowest BCUT2D eigenvalue weighted by Gasteiger charge is -2.14. The molecule has 0 fully saturated rings. The molecule has 1 aromatic heterocycles. The summed E-state index contributed by atoms with van der Waals surface area (Å²) < 4.78 is 4.52. The molecule has 1 heterocycles. The fourth-order valence-corrected chi connectivity index (χ4v) is 1.64. The van der Waals surface area contributed by atoms with Gasteiger partial charge in [-0.25, -0.2) is 0 Å². The highest BCUT2D eigenvalue weighted by Gasteiger charge is 2.24. The fraction of sp³-hybridized carbons (Fsp3) is 0.500. The number of methoxy groups -OCH3 is 1. The number of aromatic nitrogens is 1. The van der Waals surface area contributed by atoms with E-state index in [-0.39, 0.29) is 0 Å². The molecule has 13 heavy (non-hydrogen) atoms. The number of nitrogens with zero attached hydrogens (tertiary/aromatic N) is 1. The van der Waals surface area contributed by atoms with Gasteiger partial charge in [-0.05, 0) is 6.92 Å². The van der Waals surface area contributed by atoms with Crippen LogP contribution in [0.2, 0.25) is 0 Å². The number of ether oxygens (including phenoxy) is 1. The summed E-state index contributed by atoms with van der Waals surface area (Å²) in [4.78, 5) is 15.5. The Morgan fingerprint density at radius 2 is 2.46 bits per heavy atom. The van der Waals surface area contributed by atoms with E-state index >= 15 is 0 Å². The SMILES string of the molecule is COC(=O)C(C)C(O)c1cncs1. The molecule has 0 radical (unpaired) electrons. The second kappa shape index (κ2) is 4.34. The number of esters is 1. The van der Waals surface area contributed by atoms with E-state index in [0.29, 0.717) is 4.88 Å². The minimum atomic E-state index is -0.819. The second-order valence-electron chi connectivity index (χ2n) is 2.66. The number of hydrogen-bond acceptors (Lipinski definition) is 5. The lowest BCUT2D eigenvalue weighted by Crippen LogP contribution is -2.19. The Hall–Kier alpha value is -0.940. The first-order valence-corrected chi connectivity index (χ1v) is 4.69. The number of carbonyl (C=O) groups excluding carboxylic acids is 1. The Morgan fingerprint density at radius 1 is 1.77 bits per heavy atom. The van der Waals surface area contributed by atoms with E-state index in [1.165, 1.54) is 18.4 Å². The molecule has 2 unspecified atom stereocenters. The van der Waals surface area contributed by atoms with Crippen LogP contribution in [0.15, 0.2) is 11.7 Å². The zero-order chi connectivity index (χ0) is 9.84. The highest BCUT2D eigenvalue weighted by molar-refractivity contribution is 7.09. The summed E-state index contributed by atoms with van der Waals surface area (Å²) in [6.45, 7) is 1.62. The number of rotatable bonds is 3. The molecule has 0 aliphatic heterocycles. The maximum absolute atomic E-state index is 11.1. The molecule has 0 saturated heterocycles. The maximum atomic E-state index is 11.1. The molecule has 0 spiro atoms. The van der Waals surface area contributed by atoms with E-state index in [9.17, 15) is 9.90 Å². The predicted octanol–water partition coefficient (Wildman–Crippen LogP) is 0.986. The van der Waals surface area contributed by atoms with Crippen LogP contribution < -0.4 is 0 Å². The van der Waals surface area contributed by atoms with Gasteiger partial charge in [-0.2, -0.15) is 0 Å². The number of aliphatic hydroxyl groups excluding tert-OH is 1. The van der Waals surface area contributed by atoms with Gasteiger partial charge in [0.05, 0.1) is 23.4 Å². The third-order valence-electron chi connectivity index (χ3n) is 1.79. The molecule has 1 N–H and O–H groups in total. The average Bonchev–Trinajstić information content (AvgIpc) is 2.67. The summed E-state index contributed by atoms with van der Waals surface area (Å²) in [5.41, 5.74) is 1.61. The predicted molar refractivity (Wildman–Crippen MR) is 48.3 cm³/mol. The molecule has 0 aromatic carbocycles. The molecule has 72 valence electrons. The van der Waals surface area contributed by atoms with E-state index in [1.807, 2.05) is 0 Å². The standard InChI is InChI=1S/C8H11NO3S/c1-5(8(11)12-2)7(10)6-3-9-4-13-6/h3-5,7,10H,1-2H3. The molecule has 1 aromatic rings. The molecule has 4 nitrogen and oxygen atoms in total. The fourth-order valence-electron chi connectivity index (χ4n) is 0.933. The normalized spacial score (nSPS) is 15.0. The molecule has 2 atom stereocenters. The zero-order valence-corrected chi connectivity index (χ0v) is 8.25. The van der Waals surface area contributed by atoms with Gasteiger partial charge in [0.2, 0.25) is 0 Å². The van der Waals surface area contributed by atoms with Crippen molar-refractivity contribution in [3.05, 3.63) is 16.6 Å². The summed E-state index contributed by atoms with van der Waals surface area (Å²) in [5, 5.41) is 9.65. The summed E-state index contributed by atoms with van der Waals surface area (Å²) >= 11 is 1.32. The average molecular weight is 201 g/mol. The topological polar surface area (TPSA) is 59.4 Å². The van der Waals surface area contributed by atoms with E-state index in [4.69, 9.17) is 0 Å².